The fourth-order valence-electron chi connectivity index (χ4n) is 1.77. The van der Waals surface area contributed by atoms with Crippen molar-refractivity contribution in [3.8, 4) is 0 Å². The van der Waals surface area contributed by atoms with Crippen LogP contribution < -0.4 is 5.30 Å². The fourth-order valence-corrected chi connectivity index (χ4v) is 2.81. The SMILES string of the molecule is CC.CC1N=C(c2ccccc2P(C)C)OC1C. The molecule has 0 saturated carbocycles. The summed E-state index contributed by atoms with van der Waals surface area (Å²) in [6.07, 6.45) is 0.197. The van der Waals surface area contributed by atoms with Crippen molar-refractivity contribution >= 4 is 19.1 Å². The summed E-state index contributed by atoms with van der Waals surface area (Å²) in [4.78, 5) is 4.59. The van der Waals surface area contributed by atoms with E-state index in [0.29, 0.717) is 0 Å². The van der Waals surface area contributed by atoms with Gasteiger partial charge in [0.25, 0.3) is 0 Å². The maximum absolute atomic E-state index is 5.81. The Hall–Kier alpha value is -0.880. The number of ether oxygens (including phenoxy) is 1. The van der Waals surface area contributed by atoms with Crippen LogP contribution in [0.5, 0.6) is 0 Å². The van der Waals surface area contributed by atoms with E-state index in [4.69, 9.17) is 4.74 Å². The summed E-state index contributed by atoms with van der Waals surface area (Å²) >= 11 is 0. The summed E-state index contributed by atoms with van der Waals surface area (Å²) in [6, 6.07) is 8.70. The van der Waals surface area contributed by atoms with Crippen molar-refractivity contribution in [2.24, 2.45) is 4.99 Å². The molecule has 0 saturated heterocycles. The van der Waals surface area contributed by atoms with Crippen molar-refractivity contribution in [2.75, 3.05) is 13.3 Å². The lowest BCUT2D eigenvalue weighted by Gasteiger charge is -2.13. The third-order valence-corrected chi connectivity index (χ3v) is 4.27. The van der Waals surface area contributed by atoms with Gasteiger partial charge in [0.05, 0.1) is 6.04 Å². The molecule has 2 nitrogen and oxygen atoms in total. The average molecular weight is 265 g/mol. The van der Waals surface area contributed by atoms with Crippen LogP contribution in [0.4, 0.5) is 0 Å². The predicted octanol–water partition coefficient (Wildman–Crippen LogP) is 3.63. The van der Waals surface area contributed by atoms with Crippen molar-refractivity contribution in [3.05, 3.63) is 29.8 Å². The summed E-state index contributed by atoms with van der Waals surface area (Å²) in [6.45, 7) is 12.7. The summed E-state index contributed by atoms with van der Waals surface area (Å²) < 4.78 is 5.81. The lowest BCUT2D eigenvalue weighted by atomic mass is 10.2. The third-order valence-electron chi connectivity index (χ3n) is 2.91. The van der Waals surface area contributed by atoms with Crippen LogP contribution in [0.15, 0.2) is 29.3 Å². The first kappa shape index (κ1) is 15.2. The normalized spacial score (nSPS) is 22.1. The standard InChI is InChI=1S/C13H18NOP.C2H6/c1-9-10(2)15-13(14-9)11-7-5-6-8-12(11)16(3)4;1-2/h5-10H,1-4H3;1-2H3. The van der Waals surface area contributed by atoms with E-state index < -0.39 is 0 Å². The molecule has 0 spiro atoms. The van der Waals surface area contributed by atoms with Crippen molar-refractivity contribution in [3.63, 3.8) is 0 Å². The Bertz CT molecular complexity index is 415. The molecule has 0 bridgehead atoms. The smallest absolute Gasteiger partial charge is 0.217 e. The van der Waals surface area contributed by atoms with E-state index in [2.05, 4.69) is 56.4 Å². The highest BCUT2D eigenvalue weighted by molar-refractivity contribution is 7.64. The van der Waals surface area contributed by atoms with Crippen molar-refractivity contribution in [2.45, 2.75) is 39.8 Å². The summed E-state index contributed by atoms with van der Waals surface area (Å²) in [7, 11) is -0.122. The van der Waals surface area contributed by atoms with E-state index in [-0.39, 0.29) is 20.1 Å². The van der Waals surface area contributed by atoms with Gasteiger partial charge in [-0.15, -0.1) is 0 Å². The second-order valence-corrected chi connectivity index (χ2v) is 6.68. The van der Waals surface area contributed by atoms with Gasteiger partial charge < -0.3 is 4.74 Å². The molecule has 100 valence electrons. The highest BCUT2D eigenvalue weighted by atomic mass is 31.1. The molecule has 1 heterocycles. The molecule has 1 aliphatic heterocycles. The first-order valence-electron chi connectivity index (χ1n) is 6.61. The molecule has 0 aromatic heterocycles. The molecule has 18 heavy (non-hydrogen) atoms. The van der Waals surface area contributed by atoms with Crippen molar-refractivity contribution in [1.29, 1.82) is 0 Å². The molecule has 2 atom stereocenters. The van der Waals surface area contributed by atoms with E-state index >= 15 is 0 Å². The molecule has 1 aliphatic rings. The van der Waals surface area contributed by atoms with Gasteiger partial charge in [0, 0.05) is 5.56 Å². The zero-order valence-electron chi connectivity index (χ0n) is 12.3. The Morgan fingerprint density at radius 2 is 1.72 bits per heavy atom. The molecular weight excluding hydrogens is 241 g/mol. The van der Waals surface area contributed by atoms with Gasteiger partial charge in [-0.2, -0.15) is 0 Å². The topological polar surface area (TPSA) is 21.6 Å². The zero-order chi connectivity index (χ0) is 13.7. The Labute approximate surface area is 112 Å². The van der Waals surface area contributed by atoms with Gasteiger partial charge in [-0.3, -0.25) is 0 Å². The molecule has 1 aromatic carbocycles. The number of hydrogen-bond acceptors (Lipinski definition) is 2. The van der Waals surface area contributed by atoms with Crippen LogP contribution in [-0.2, 0) is 4.74 Å². The number of rotatable bonds is 2. The number of nitrogens with zero attached hydrogens (tertiary/aromatic N) is 1. The van der Waals surface area contributed by atoms with Crippen LogP contribution in [0.25, 0.3) is 0 Å². The molecule has 2 rings (SSSR count). The second-order valence-electron chi connectivity index (χ2n) is 4.41. The Kier molecular flexibility index (Phi) is 5.81. The highest BCUT2D eigenvalue weighted by Gasteiger charge is 2.25. The summed E-state index contributed by atoms with van der Waals surface area (Å²) in [5.74, 6) is 0.826. The lowest BCUT2D eigenvalue weighted by Crippen LogP contribution is -2.18. The van der Waals surface area contributed by atoms with E-state index in [1.807, 2.05) is 13.8 Å². The minimum atomic E-state index is -0.122. The van der Waals surface area contributed by atoms with Gasteiger partial charge >= 0.3 is 0 Å². The largest absolute Gasteiger partial charge is 0.472 e. The molecule has 2 unspecified atom stereocenters. The van der Waals surface area contributed by atoms with Crippen LogP contribution in [0.3, 0.4) is 0 Å². The maximum atomic E-state index is 5.81. The molecule has 0 aliphatic carbocycles. The van der Waals surface area contributed by atoms with Gasteiger partial charge in [-0.1, -0.05) is 40.0 Å². The molecule has 0 amide bonds. The molecule has 3 heteroatoms. The van der Waals surface area contributed by atoms with Gasteiger partial charge in [0.1, 0.15) is 6.10 Å². The molecule has 0 radical (unpaired) electrons. The fraction of sp³-hybridized carbons (Fsp3) is 0.533. The Morgan fingerprint density at radius 1 is 1.11 bits per heavy atom. The molecule has 0 N–H and O–H groups in total. The number of hydrogen-bond donors (Lipinski definition) is 0. The minimum Gasteiger partial charge on any atom is -0.472 e. The monoisotopic (exact) mass is 265 g/mol. The number of aliphatic imine (C=N–C) groups is 1. The van der Waals surface area contributed by atoms with E-state index in [0.717, 1.165) is 5.90 Å². The Morgan fingerprint density at radius 3 is 2.22 bits per heavy atom. The predicted molar refractivity (Wildman–Crippen MR) is 82.7 cm³/mol. The lowest BCUT2D eigenvalue weighted by molar-refractivity contribution is 0.219. The van der Waals surface area contributed by atoms with Crippen LogP contribution in [0, 0.1) is 0 Å². The van der Waals surface area contributed by atoms with Crippen molar-refractivity contribution < 1.29 is 4.74 Å². The van der Waals surface area contributed by atoms with Gasteiger partial charge in [-0.05, 0) is 38.5 Å². The van der Waals surface area contributed by atoms with Crippen molar-refractivity contribution in [1.82, 2.24) is 0 Å². The van der Waals surface area contributed by atoms with Gasteiger partial charge in [-0.25, -0.2) is 4.99 Å². The van der Waals surface area contributed by atoms with E-state index in [1.54, 1.807) is 0 Å². The van der Waals surface area contributed by atoms with Gasteiger partial charge in [0.2, 0.25) is 5.90 Å². The summed E-state index contributed by atoms with van der Waals surface area (Å²) in [5.41, 5.74) is 1.18. The van der Waals surface area contributed by atoms with Crippen LogP contribution >= 0.6 is 7.92 Å². The average Bonchev–Trinajstić information content (AvgIpc) is 2.72. The Balaban J connectivity index is 0.000000771. The van der Waals surface area contributed by atoms with Crippen LogP contribution in [0.1, 0.15) is 33.3 Å². The van der Waals surface area contributed by atoms with E-state index in [9.17, 15) is 0 Å². The zero-order valence-corrected chi connectivity index (χ0v) is 13.2. The first-order valence-corrected chi connectivity index (χ1v) is 8.84. The van der Waals surface area contributed by atoms with Crippen LogP contribution in [-0.4, -0.2) is 31.4 Å². The van der Waals surface area contributed by atoms with E-state index in [1.165, 1.54) is 10.9 Å². The second kappa shape index (κ2) is 6.89. The summed E-state index contributed by atoms with van der Waals surface area (Å²) in [5, 5.41) is 1.37. The molecular formula is C15H24NOP. The third kappa shape index (κ3) is 3.32. The minimum absolute atomic E-state index is 0.122. The molecule has 1 aromatic rings. The van der Waals surface area contributed by atoms with Gasteiger partial charge in [0.15, 0.2) is 0 Å². The van der Waals surface area contributed by atoms with Crippen LogP contribution in [0.2, 0.25) is 0 Å². The quantitative estimate of drug-likeness (QED) is 0.748. The highest BCUT2D eigenvalue weighted by Crippen LogP contribution is 2.27. The molecule has 0 fully saturated rings. The number of benzene rings is 1. The first-order chi connectivity index (χ1) is 8.59. The maximum Gasteiger partial charge on any atom is 0.217 e.